The molecule has 0 spiro atoms. The Morgan fingerprint density at radius 3 is 2.77 bits per heavy atom. The number of rotatable bonds is 12. The molecule has 1 unspecified atom stereocenters. The molecule has 168 valence electrons. The number of aryl methyl sites for hydroxylation is 1. The maximum absolute atomic E-state index is 10.4. The summed E-state index contributed by atoms with van der Waals surface area (Å²) in [6, 6.07) is 9.46. The number of ether oxygens (including phenoxy) is 1. The van der Waals surface area contributed by atoms with Gasteiger partial charge < -0.3 is 18.8 Å². The Bertz CT molecular complexity index is 927. The molecule has 0 aliphatic heterocycles. The highest BCUT2D eigenvalue weighted by Gasteiger charge is 2.17. The lowest BCUT2D eigenvalue weighted by Gasteiger charge is -2.23. The molecule has 1 aromatic carbocycles. The molecule has 0 saturated heterocycles. The topological polar surface area (TPSA) is 84.8 Å². The molecule has 7 nitrogen and oxygen atoms in total. The van der Waals surface area contributed by atoms with Crippen LogP contribution in [-0.4, -0.2) is 52.6 Å². The lowest BCUT2D eigenvalue weighted by atomic mass is 10.1. The molecule has 1 N–H and O–H groups in total. The van der Waals surface area contributed by atoms with Gasteiger partial charge in [-0.3, -0.25) is 4.90 Å². The number of hydrogen-bond donors (Lipinski definition) is 1. The fourth-order valence-corrected chi connectivity index (χ4v) is 3.29. The minimum atomic E-state index is -0.596. The van der Waals surface area contributed by atoms with Crippen LogP contribution in [0.5, 0.6) is 0 Å². The predicted octanol–water partition coefficient (Wildman–Crippen LogP) is 4.37. The van der Waals surface area contributed by atoms with Crippen LogP contribution in [0.4, 0.5) is 0 Å². The Morgan fingerprint density at radius 2 is 2.06 bits per heavy atom. The lowest BCUT2D eigenvalue weighted by molar-refractivity contribution is 0.00591. The van der Waals surface area contributed by atoms with Crippen LogP contribution in [-0.2, 0) is 17.7 Å². The van der Waals surface area contributed by atoms with E-state index in [1.807, 2.05) is 37.3 Å². The van der Waals surface area contributed by atoms with Gasteiger partial charge >= 0.3 is 0 Å². The number of aromatic nitrogens is 2. The van der Waals surface area contributed by atoms with Gasteiger partial charge in [-0.15, -0.1) is 0 Å². The second-order valence-corrected chi connectivity index (χ2v) is 8.53. The summed E-state index contributed by atoms with van der Waals surface area (Å²) in [5.41, 5.74) is 1.81. The Hall–Kier alpha value is -2.19. The van der Waals surface area contributed by atoms with Crippen LogP contribution < -0.4 is 0 Å². The zero-order valence-electron chi connectivity index (χ0n) is 18.3. The summed E-state index contributed by atoms with van der Waals surface area (Å²) in [4.78, 5) is 6.59. The molecule has 0 amide bonds. The quantitative estimate of drug-likeness (QED) is 0.441. The van der Waals surface area contributed by atoms with E-state index in [1.165, 1.54) is 0 Å². The molecule has 2 heterocycles. The molecule has 31 heavy (non-hydrogen) atoms. The van der Waals surface area contributed by atoms with E-state index >= 15 is 0 Å². The average molecular weight is 448 g/mol. The van der Waals surface area contributed by atoms with Gasteiger partial charge in [0, 0.05) is 36.7 Å². The number of halogens is 1. The summed E-state index contributed by atoms with van der Waals surface area (Å²) in [5, 5.41) is 15.1. The van der Waals surface area contributed by atoms with Crippen molar-refractivity contribution in [1.29, 1.82) is 0 Å². The zero-order valence-corrected chi connectivity index (χ0v) is 19.0. The monoisotopic (exact) mass is 447 g/mol. The first-order valence-corrected chi connectivity index (χ1v) is 10.9. The molecule has 0 aliphatic carbocycles. The van der Waals surface area contributed by atoms with Crippen molar-refractivity contribution >= 4 is 11.6 Å². The third-order valence-corrected chi connectivity index (χ3v) is 5.14. The summed E-state index contributed by atoms with van der Waals surface area (Å²) in [6.45, 7) is 8.68. The second-order valence-electron chi connectivity index (χ2n) is 8.13. The van der Waals surface area contributed by atoms with Crippen LogP contribution in [0, 0.1) is 12.8 Å². The summed E-state index contributed by atoms with van der Waals surface area (Å²) < 4.78 is 16.5. The van der Waals surface area contributed by atoms with E-state index in [2.05, 4.69) is 28.9 Å². The van der Waals surface area contributed by atoms with E-state index in [0.29, 0.717) is 61.9 Å². The minimum Gasteiger partial charge on any atom is -0.468 e. The largest absolute Gasteiger partial charge is 0.468 e. The first-order chi connectivity index (χ1) is 14.9. The van der Waals surface area contributed by atoms with Crippen LogP contribution in [0.1, 0.15) is 31.1 Å². The number of benzene rings is 1. The molecule has 3 rings (SSSR count). The molecule has 0 fully saturated rings. The Kier molecular flexibility index (Phi) is 8.66. The predicted molar refractivity (Wildman–Crippen MR) is 119 cm³/mol. The summed E-state index contributed by atoms with van der Waals surface area (Å²) >= 11 is 6.21. The van der Waals surface area contributed by atoms with Gasteiger partial charge in [-0.25, -0.2) is 0 Å². The Balaban J connectivity index is 1.59. The average Bonchev–Trinajstić information content (AvgIpc) is 3.40. The number of aliphatic hydroxyl groups excluding tert-OH is 1. The van der Waals surface area contributed by atoms with Crippen molar-refractivity contribution < 1.29 is 18.8 Å². The number of furan rings is 1. The van der Waals surface area contributed by atoms with Crippen LogP contribution in [0.15, 0.2) is 45.5 Å². The molecular weight excluding hydrogens is 418 g/mol. The molecule has 0 aliphatic rings. The molecule has 3 aromatic rings. The van der Waals surface area contributed by atoms with E-state index in [9.17, 15) is 5.11 Å². The number of aliphatic hydroxyl groups is 1. The normalized spacial score (nSPS) is 12.7. The Morgan fingerprint density at radius 1 is 1.23 bits per heavy atom. The standard InChI is InChI=1S/C23H30ClN3O4/c1-16(2)14-29-15-19(28)12-27(13-20-5-4-10-30-20)9-8-22-25-23(26-31-22)18-7-6-17(3)21(24)11-18/h4-7,10-11,16,19,28H,8-9,12-15H2,1-3H3. The highest BCUT2D eigenvalue weighted by atomic mass is 35.5. The second kappa shape index (κ2) is 11.4. The van der Waals surface area contributed by atoms with Crippen molar-refractivity contribution in [1.82, 2.24) is 15.0 Å². The van der Waals surface area contributed by atoms with Gasteiger partial charge in [-0.1, -0.05) is 42.7 Å². The fourth-order valence-electron chi connectivity index (χ4n) is 3.11. The first-order valence-electron chi connectivity index (χ1n) is 10.5. The van der Waals surface area contributed by atoms with Crippen molar-refractivity contribution in [3.05, 3.63) is 58.8 Å². The van der Waals surface area contributed by atoms with E-state index in [1.54, 1.807) is 6.26 Å². The van der Waals surface area contributed by atoms with Crippen molar-refractivity contribution in [2.75, 3.05) is 26.3 Å². The van der Waals surface area contributed by atoms with Gasteiger partial charge in [0.1, 0.15) is 5.76 Å². The highest BCUT2D eigenvalue weighted by molar-refractivity contribution is 6.31. The maximum atomic E-state index is 10.4. The molecule has 1 atom stereocenters. The van der Waals surface area contributed by atoms with Gasteiger partial charge in [0.25, 0.3) is 0 Å². The third kappa shape index (κ3) is 7.47. The summed E-state index contributed by atoms with van der Waals surface area (Å²) in [6.07, 6.45) is 1.60. The molecule has 0 radical (unpaired) electrons. The number of hydrogen-bond acceptors (Lipinski definition) is 7. The molecule has 0 bridgehead atoms. The van der Waals surface area contributed by atoms with Gasteiger partial charge in [-0.05, 0) is 36.6 Å². The van der Waals surface area contributed by atoms with Gasteiger partial charge in [-0.2, -0.15) is 4.98 Å². The van der Waals surface area contributed by atoms with Crippen LogP contribution in [0.2, 0.25) is 5.02 Å². The minimum absolute atomic E-state index is 0.297. The SMILES string of the molecule is Cc1ccc(-c2noc(CCN(Cc3ccco3)CC(O)COCC(C)C)n2)cc1Cl. The number of nitrogens with zero attached hydrogens (tertiary/aromatic N) is 3. The van der Waals surface area contributed by atoms with Crippen molar-refractivity contribution in [2.45, 2.75) is 39.8 Å². The van der Waals surface area contributed by atoms with Gasteiger partial charge in [0.2, 0.25) is 11.7 Å². The van der Waals surface area contributed by atoms with E-state index in [4.69, 9.17) is 25.3 Å². The van der Waals surface area contributed by atoms with Crippen LogP contribution >= 0.6 is 11.6 Å². The Labute approximate surface area is 188 Å². The highest BCUT2D eigenvalue weighted by Crippen LogP contribution is 2.23. The van der Waals surface area contributed by atoms with E-state index in [0.717, 1.165) is 16.9 Å². The smallest absolute Gasteiger partial charge is 0.228 e. The van der Waals surface area contributed by atoms with Crippen LogP contribution in [0.25, 0.3) is 11.4 Å². The van der Waals surface area contributed by atoms with Crippen molar-refractivity contribution in [3.8, 4) is 11.4 Å². The van der Waals surface area contributed by atoms with E-state index < -0.39 is 6.10 Å². The molecule has 0 saturated carbocycles. The third-order valence-electron chi connectivity index (χ3n) is 4.73. The van der Waals surface area contributed by atoms with Crippen molar-refractivity contribution in [3.63, 3.8) is 0 Å². The van der Waals surface area contributed by atoms with E-state index in [-0.39, 0.29) is 0 Å². The maximum Gasteiger partial charge on any atom is 0.228 e. The van der Waals surface area contributed by atoms with Crippen molar-refractivity contribution in [2.24, 2.45) is 5.92 Å². The van der Waals surface area contributed by atoms with Gasteiger partial charge in [0.15, 0.2) is 0 Å². The fraction of sp³-hybridized carbons (Fsp3) is 0.478. The summed E-state index contributed by atoms with van der Waals surface area (Å²) in [5.74, 6) is 2.30. The summed E-state index contributed by atoms with van der Waals surface area (Å²) in [7, 11) is 0. The zero-order chi connectivity index (χ0) is 22.2. The molecule has 8 heteroatoms. The first kappa shape index (κ1) is 23.5. The van der Waals surface area contributed by atoms with Gasteiger partial charge in [0.05, 0.1) is 25.5 Å². The lowest BCUT2D eigenvalue weighted by Crippen LogP contribution is -2.36. The molecular formula is C23H30ClN3O4. The van der Waals surface area contributed by atoms with Crippen LogP contribution in [0.3, 0.4) is 0 Å². The molecule has 2 aromatic heterocycles.